The number of hydrogen-bond donors (Lipinski definition) is 0. The lowest BCUT2D eigenvalue weighted by atomic mass is 9.86. The zero-order chi connectivity index (χ0) is 30.7. The van der Waals surface area contributed by atoms with E-state index >= 15 is 4.39 Å². The van der Waals surface area contributed by atoms with E-state index in [-0.39, 0.29) is 16.6 Å². The van der Waals surface area contributed by atoms with Crippen molar-refractivity contribution in [2.24, 2.45) is 12.5 Å². The second-order valence-corrected chi connectivity index (χ2v) is 14.2. The fourth-order valence-electron chi connectivity index (χ4n) is 6.14. The monoisotopic (exact) mass is 570 g/mol. The maximum Gasteiger partial charge on any atom is 0.216 e. The summed E-state index contributed by atoms with van der Waals surface area (Å²) in [5, 5.41) is 1.91. The van der Waals surface area contributed by atoms with Crippen molar-refractivity contribution in [3.05, 3.63) is 114 Å². The van der Waals surface area contributed by atoms with Crippen molar-refractivity contribution in [2.45, 2.75) is 60.3 Å². The van der Waals surface area contributed by atoms with Gasteiger partial charge in [0.15, 0.2) is 6.20 Å². The lowest BCUT2D eigenvalue weighted by molar-refractivity contribution is -0.660. The molecular weight excluding hydrogens is 529 g/mol. The van der Waals surface area contributed by atoms with Gasteiger partial charge >= 0.3 is 0 Å². The lowest BCUT2D eigenvalue weighted by Crippen LogP contribution is -2.31. The topological polar surface area (TPSA) is 17.0 Å². The summed E-state index contributed by atoms with van der Waals surface area (Å²) in [6.07, 6.45) is 3.10. The molecule has 6 aromatic rings. The molecule has 0 saturated carbocycles. The normalized spacial score (nSPS) is 12.4. The number of fused-ring (bicyclic) bond motifs is 3. The Bertz CT molecular complexity index is 1960. The minimum absolute atomic E-state index is 0.107. The van der Waals surface area contributed by atoms with Crippen LogP contribution in [0.1, 0.15) is 58.2 Å². The summed E-state index contributed by atoms with van der Waals surface area (Å²) in [5.41, 5.74) is 11.0. The number of hydrogen-bond acceptors (Lipinski definition) is 1. The van der Waals surface area contributed by atoms with Gasteiger partial charge in [0, 0.05) is 22.9 Å². The quantitative estimate of drug-likeness (QED) is 0.193. The Balaban J connectivity index is 1.47. The number of aryl methyl sites for hydroxylation is 2. The van der Waals surface area contributed by atoms with Gasteiger partial charge in [-0.15, -0.1) is 0 Å². The molecule has 0 amide bonds. The minimum Gasteiger partial charge on any atom is -0.454 e. The molecule has 0 aliphatic carbocycles. The Kier molecular flexibility index (Phi) is 7.04. The molecule has 0 aliphatic rings. The maximum absolute atomic E-state index is 15.6. The van der Waals surface area contributed by atoms with Gasteiger partial charge in [-0.3, -0.25) is 0 Å². The van der Waals surface area contributed by atoms with Crippen molar-refractivity contribution >= 4 is 21.9 Å². The predicted octanol–water partition coefficient (Wildman–Crippen LogP) is 10.7. The average Bonchev–Trinajstić information content (AvgIpc) is 3.31. The summed E-state index contributed by atoms with van der Waals surface area (Å²) in [7, 11) is 2.07. The molecule has 4 aromatic carbocycles. The second-order valence-electron chi connectivity index (χ2n) is 14.2. The van der Waals surface area contributed by atoms with E-state index in [1.807, 2.05) is 18.2 Å². The minimum atomic E-state index is -0.287. The van der Waals surface area contributed by atoms with Crippen LogP contribution in [-0.4, -0.2) is 0 Å². The molecule has 0 atom stereocenters. The molecule has 43 heavy (non-hydrogen) atoms. The van der Waals surface area contributed by atoms with Crippen molar-refractivity contribution in [3.8, 4) is 33.5 Å². The molecule has 0 aliphatic heterocycles. The van der Waals surface area contributed by atoms with Crippen molar-refractivity contribution < 1.29 is 13.4 Å². The molecule has 0 spiro atoms. The summed E-state index contributed by atoms with van der Waals surface area (Å²) < 4.78 is 24.5. The molecule has 0 unspecified atom stereocenters. The molecule has 2 aromatic heterocycles. The molecule has 0 N–H and O–H groups in total. The van der Waals surface area contributed by atoms with Crippen LogP contribution in [0.4, 0.5) is 4.39 Å². The number of aromatic nitrogens is 1. The number of furan rings is 1. The van der Waals surface area contributed by atoms with Gasteiger partial charge in [-0.25, -0.2) is 8.96 Å². The molecule has 0 bridgehead atoms. The van der Waals surface area contributed by atoms with E-state index in [2.05, 4.69) is 127 Å². The van der Waals surface area contributed by atoms with Crippen molar-refractivity contribution in [2.75, 3.05) is 0 Å². The van der Waals surface area contributed by atoms with Crippen molar-refractivity contribution in [1.82, 2.24) is 0 Å². The summed E-state index contributed by atoms with van der Waals surface area (Å²) >= 11 is 0. The molecule has 0 radical (unpaired) electrons. The largest absolute Gasteiger partial charge is 0.454 e. The SMILES string of the molecule is Cc1ccc2c(oc3c(-c4ccc(-c5ccc(C(C)(C)C)cc5)cc4)c(F)ccc32)c1-c1cc(CC(C)(C)C)cc[n+]1C. The van der Waals surface area contributed by atoms with Gasteiger partial charge in [0.2, 0.25) is 5.69 Å². The maximum atomic E-state index is 15.6. The van der Waals surface area contributed by atoms with Crippen LogP contribution in [0.3, 0.4) is 0 Å². The van der Waals surface area contributed by atoms with Gasteiger partial charge in [0.25, 0.3) is 0 Å². The summed E-state index contributed by atoms with van der Waals surface area (Å²) in [6, 6.07) is 29.0. The highest BCUT2D eigenvalue weighted by atomic mass is 19.1. The first-order valence-corrected chi connectivity index (χ1v) is 15.1. The standard InChI is InChI=1S/C40H41FNO/c1-25-9-18-31-32-19-20-33(41)36(29-12-10-27(11-13-29)28-14-16-30(17-15-28)40(5,6)7)38(32)43-37(31)35(25)34-23-26(21-22-42(34)8)24-39(2,3)4/h9-23H,24H2,1-8H3/q+1. The van der Waals surface area contributed by atoms with Crippen LogP contribution in [0.5, 0.6) is 0 Å². The molecule has 218 valence electrons. The molecule has 2 heterocycles. The Morgan fingerprint density at radius 1 is 0.674 bits per heavy atom. The van der Waals surface area contributed by atoms with E-state index in [4.69, 9.17) is 4.42 Å². The van der Waals surface area contributed by atoms with E-state index in [0.29, 0.717) is 11.1 Å². The average molecular weight is 571 g/mol. The van der Waals surface area contributed by atoms with Crippen LogP contribution in [0.15, 0.2) is 95.5 Å². The number of benzene rings is 4. The van der Waals surface area contributed by atoms with Crippen molar-refractivity contribution in [1.29, 1.82) is 0 Å². The van der Waals surface area contributed by atoms with Gasteiger partial charge < -0.3 is 4.42 Å². The fourth-order valence-corrected chi connectivity index (χ4v) is 6.14. The Morgan fingerprint density at radius 3 is 1.84 bits per heavy atom. The van der Waals surface area contributed by atoms with Gasteiger partial charge in [-0.1, -0.05) is 102 Å². The van der Waals surface area contributed by atoms with E-state index in [9.17, 15) is 0 Å². The number of pyridine rings is 1. The summed E-state index contributed by atoms with van der Waals surface area (Å²) in [5.74, 6) is -0.287. The Hall–Kier alpha value is -4.24. The van der Waals surface area contributed by atoms with Crippen molar-refractivity contribution in [3.63, 3.8) is 0 Å². The third-order valence-electron chi connectivity index (χ3n) is 8.43. The number of nitrogens with zero attached hydrogens (tertiary/aromatic N) is 1. The molecule has 0 saturated heterocycles. The zero-order valence-corrected chi connectivity index (χ0v) is 26.6. The number of rotatable bonds is 4. The number of halogens is 1. The van der Waals surface area contributed by atoms with Crippen LogP contribution >= 0.6 is 0 Å². The van der Waals surface area contributed by atoms with E-state index in [0.717, 1.165) is 56.3 Å². The highest BCUT2D eigenvalue weighted by Gasteiger charge is 2.24. The van der Waals surface area contributed by atoms with Gasteiger partial charge in [0.05, 0.1) is 11.1 Å². The molecular formula is C40H41FNO+. The Labute approximate surface area is 254 Å². The Morgan fingerprint density at radius 2 is 1.23 bits per heavy atom. The molecule has 0 fully saturated rings. The van der Waals surface area contributed by atoms with E-state index in [1.54, 1.807) is 6.07 Å². The van der Waals surface area contributed by atoms with Gasteiger partial charge in [-0.05, 0) is 69.7 Å². The van der Waals surface area contributed by atoms with Crippen LogP contribution in [0.2, 0.25) is 0 Å². The molecule has 6 rings (SSSR count). The third kappa shape index (κ3) is 5.49. The van der Waals surface area contributed by atoms with E-state index in [1.165, 1.54) is 11.1 Å². The van der Waals surface area contributed by atoms with Crippen LogP contribution < -0.4 is 4.57 Å². The first-order chi connectivity index (χ1) is 20.3. The first-order valence-electron chi connectivity index (χ1n) is 15.1. The fraction of sp³-hybridized carbons (Fsp3) is 0.275. The molecule has 2 nitrogen and oxygen atoms in total. The lowest BCUT2D eigenvalue weighted by Gasteiger charge is -2.19. The van der Waals surface area contributed by atoms with Gasteiger partial charge in [-0.2, -0.15) is 0 Å². The summed E-state index contributed by atoms with van der Waals surface area (Å²) in [6.45, 7) is 15.6. The van der Waals surface area contributed by atoms with E-state index < -0.39 is 0 Å². The third-order valence-corrected chi connectivity index (χ3v) is 8.43. The zero-order valence-electron chi connectivity index (χ0n) is 26.6. The van der Waals surface area contributed by atoms with Crippen LogP contribution in [0.25, 0.3) is 55.4 Å². The highest BCUT2D eigenvalue weighted by Crippen LogP contribution is 2.42. The summed E-state index contributed by atoms with van der Waals surface area (Å²) in [4.78, 5) is 0. The van der Waals surface area contributed by atoms with Crippen LogP contribution in [0, 0.1) is 18.2 Å². The van der Waals surface area contributed by atoms with Crippen LogP contribution in [-0.2, 0) is 18.9 Å². The first kappa shape index (κ1) is 28.9. The van der Waals surface area contributed by atoms with Gasteiger partial charge in [0.1, 0.15) is 24.0 Å². The smallest absolute Gasteiger partial charge is 0.216 e. The molecule has 3 heteroatoms. The predicted molar refractivity (Wildman–Crippen MR) is 178 cm³/mol. The second kappa shape index (κ2) is 10.5. The highest BCUT2D eigenvalue weighted by molar-refractivity contribution is 6.13.